The lowest BCUT2D eigenvalue weighted by Crippen LogP contribution is -2.59. The number of rotatable bonds is 4. The number of aliphatic hydroxyl groups excluding tert-OH is 1. The Balaban J connectivity index is 1.29. The molecule has 3 aromatic carbocycles. The van der Waals surface area contributed by atoms with Crippen LogP contribution in [0.2, 0.25) is 0 Å². The summed E-state index contributed by atoms with van der Waals surface area (Å²) in [6.07, 6.45) is 0.103. The number of fused-ring (bicyclic) bond motifs is 6. The average Bonchev–Trinajstić information content (AvgIpc) is 3.60. The third-order valence-corrected chi connectivity index (χ3v) is 8.86. The van der Waals surface area contributed by atoms with Crippen LogP contribution in [-0.2, 0) is 11.2 Å². The number of nitrogens with one attached hydrogen (secondary N) is 1. The van der Waals surface area contributed by atoms with E-state index >= 15 is 0 Å². The van der Waals surface area contributed by atoms with E-state index in [0.717, 1.165) is 39.0 Å². The molecule has 4 aromatic rings. The molecule has 0 aliphatic carbocycles. The molecule has 3 aliphatic heterocycles. The molecule has 1 saturated heterocycles. The molecular weight excluding hydrogens is 525 g/mol. The van der Waals surface area contributed by atoms with Gasteiger partial charge in [-0.05, 0) is 55.2 Å². The quantitative estimate of drug-likeness (QED) is 0.382. The van der Waals surface area contributed by atoms with Gasteiger partial charge in [0.05, 0.1) is 29.1 Å². The van der Waals surface area contributed by atoms with Gasteiger partial charge in [0.15, 0.2) is 11.5 Å². The van der Waals surface area contributed by atoms with E-state index in [2.05, 4.69) is 17.1 Å². The number of ether oxygens (including phenoxy) is 2. The normalized spacial score (nSPS) is 21.9. The molecule has 0 bridgehead atoms. The number of nitrogens with zero attached hydrogens (tertiary/aromatic N) is 2. The Morgan fingerprint density at radius 1 is 1.12 bits per heavy atom. The van der Waals surface area contributed by atoms with Gasteiger partial charge in [0, 0.05) is 36.3 Å². The Bertz CT molecular complexity index is 1700. The summed E-state index contributed by atoms with van der Waals surface area (Å²) in [5.41, 5.74) is 4.99. The van der Waals surface area contributed by atoms with Gasteiger partial charge < -0.3 is 29.4 Å². The fraction of sp³-hybridized carbons (Fsp3) is 0.312. The molecule has 1 fully saturated rings. The zero-order valence-corrected chi connectivity index (χ0v) is 22.8. The largest absolute Gasteiger partial charge is 0.454 e. The molecule has 3 aliphatic rings. The summed E-state index contributed by atoms with van der Waals surface area (Å²) in [4.78, 5) is 34.2. The lowest BCUT2D eigenvalue weighted by atomic mass is 9.79. The van der Waals surface area contributed by atoms with Gasteiger partial charge in [-0.2, -0.15) is 0 Å². The number of carbonyl (C=O) groups is 2. The summed E-state index contributed by atoms with van der Waals surface area (Å²) in [5.74, 6) is -0.729. The number of aliphatic hydroxyl groups is 1. The molecule has 2 amide bonds. The number of carbonyl (C=O) groups excluding carboxylic acids is 2. The summed E-state index contributed by atoms with van der Waals surface area (Å²) in [6.45, 7) is 2.29. The Morgan fingerprint density at radius 3 is 2.73 bits per heavy atom. The van der Waals surface area contributed by atoms with Crippen molar-refractivity contribution < 1.29 is 28.6 Å². The molecule has 4 atom stereocenters. The van der Waals surface area contributed by atoms with E-state index in [1.807, 2.05) is 29.2 Å². The summed E-state index contributed by atoms with van der Waals surface area (Å²) in [6, 6.07) is 16.9. The first-order valence-corrected chi connectivity index (χ1v) is 13.9. The van der Waals surface area contributed by atoms with Crippen LogP contribution in [0.15, 0.2) is 60.7 Å². The SMILES string of the molecule is C[C@H](O)[C@@H]1C(=O)N2CCc3c([nH]c4c(-c5ccc6c(c5)OCO6)cccc34)[C@@H]2C[C@@H]1N(C)C(=O)c1ccccc1F. The minimum Gasteiger partial charge on any atom is -0.454 e. The summed E-state index contributed by atoms with van der Waals surface area (Å²) in [7, 11) is 1.59. The Hall–Kier alpha value is -4.37. The first kappa shape index (κ1) is 25.6. The maximum atomic E-state index is 14.5. The second-order valence-corrected chi connectivity index (χ2v) is 11.1. The maximum Gasteiger partial charge on any atom is 0.256 e. The lowest BCUT2D eigenvalue weighted by molar-refractivity contribution is -0.151. The van der Waals surface area contributed by atoms with Crippen LogP contribution in [0.4, 0.5) is 4.39 Å². The highest BCUT2D eigenvalue weighted by Gasteiger charge is 2.49. The molecule has 41 heavy (non-hydrogen) atoms. The Morgan fingerprint density at radius 2 is 1.93 bits per heavy atom. The molecule has 0 spiro atoms. The van der Waals surface area contributed by atoms with Crippen molar-refractivity contribution in [3.8, 4) is 22.6 Å². The first-order chi connectivity index (χ1) is 19.8. The van der Waals surface area contributed by atoms with Crippen molar-refractivity contribution >= 4 is 22.7 Å². The first-order valence-electron chi connectivity index (χ1n) is 13.9. The Labute approximate surface area is 236 Å². The zero-order chi connectivity index (χ0) is 28.4. The number of halogens is 1. The molecule has 8 nitrogen and oxygen atoms in total. The average molecular weight is 556 g/mol. The third kappa shape index (κ3) is 3.98. The predicted octanol–water partition coefficient (Wildman–Crippen LogP) is 4.67. The van der Waals surface area contributed by atoms with E-state index in [0.29, 0.717) is 25.1 Å². The van der Waals surface area contributed by atoms with Gasteiger partial charge >= 0.3 is 0 Å². The molecule has 210 valence electrons. The summed E-state index contributed by atoms with van der Waals surface area (Å²) in [5, 5.41) is 11.8. The van der Waals surface area contributed by atoms with Crippen LogP contribution in [0.3, 0.4) is 0 Å². The van der Waals surface area contributed by atoms with Gasteiger partial charge in [-0.25, -0.2) is 4.39 Å². The number of hydrogen-bond donors (Lipinski definition) is 2. The molecule has 4 heterocycles. The fourth-order valence-electron chi connectivity index (χ4n) is 6.84. The number of amides is 2. The van der Waals surface area contributed by atoms with Gasteiger partial charge in [0.2, 0.25) is 12.7 Å². The second kappa shape index (κ2) is 9.62. The molecule has 7 rings (SSSR count). The van der Waals surface area contributed by atoms with E-state index < -0.39 is 29.8 Å². The standard InChI is InChI=1S/C32H30FN3O5/c1-17(37)28-24(35(2)31(38)22-6-3-4-9-23(22)33)15-25-30-21(12-13-36(25)32(28)39)20-8-5-7-19(29(20)34-30)18-10-11-26-27(14-18)41-16-40-26/h3-11,14,17,24-25,28,34,37H,12-13,15-16H2,1-2H3/t17-,24-,25-,28-/m0/s1. The number of piperidine rings is 1. The molecule has 9 heteroatoms. The smallest absolute Gasteiger partial charge is 0.256 e. The molecule has 0 radical (unpaired) electrons. The van der Waals surface area contributed by atoms with E-state index in [9.17, 15) is 19.1 Å². The van der Waals surface area contributed by atoms with Gasteiger partial charge in [-0.15, -0.1) is 0 Å². The molecule has 0 saturated carbocycles. The highest BCUT2D eigenvalue weighted by atomic mass is 19.1. The summed E-state index contributed by atoms with van der Waals surface area (Å²) < 4.78 is 25.6. The van der Waals surface area contributed by atoms with Crippen LogP contribution in [-0.4, -0.2) is 64.2 Å². The number of para-hydroxylation sites is 1. The van der Waals surface area contributed by atoms with Crippen molar-refractivity contribution in [1.82, 2.24) is 14.8 Å². The van der Waals surface area contributed by atoms with Gasteiger partial charge in [0.1, 0.15) is 5.82 Å². The van der Waals surface area contributed by atoms with Gasteiger partial charge in [-0.1, -0.05) is 36.4 Å². The highest BCUT2D eigenvalue weighted by Crippen LogP contribution is 2.45. The zero-order valence-electron chi connectivity index (χ0n) is 22.8. The number of hydrogen-bond acceptors (Lipinski definition) is 5. The van der Waals surface area contributed by atoms with Gasteiger partial charge in [-0.3, -0.25) is 9.59 Å². The van der Waals surface area contributed by atoms with Crippen molar-refractivity contribution in [2.24, 2.45) is 5.92 Å². The van der Waals surface area contributed by atoms with E-state index in [1.165, 1.54) is 23.1 Å². The van der Waals surface area contributed by atoms with Crippen molar-refractivity contribution in [3.05, 3.63) is 83.3 Å². The van der Waals surface area contributed by atoms with Crippen LogP contribution in [0.1, 0.15) is 41.0 Å². The molecule has 1 aromatic heterocycles. The minimum atomic E-state index is -0.981. The number of aromatic nitrogens is 1. The van der Waals surface area contributed by atoms with Crippen LogP contribution in [0.25, 0.3) is 22.0 Å². The molecular formula is C32H30FN3O5. The topological polar surface area (TPSA) is 95.1 Å². The Kier molecular flexibility index (Phi) is 6.01. The lowest BCUT2D eigenvalue weighted by Gasteiger charge is -2.48. The molecule has 0 unspecified atom stereocenters. The van der Waals surface area contributed by atoms with Crippen LogP contribution >= 0.6 is 0 Å². The fourth-order valence-corrected chi connectivity index (χ4v) is 6.84. The highest BCUT2D eigenvalue weighted by molar-refractivity contribution is 5.98. The number of aromatic amines is 1. The molecule has 2 N–H and O–H groups in total. The van der Waals surface area contributed by atoms with Crippen molar-refractivity contribution in [1.29, 1.82) is 0 Å². The van der Waals surface area contributed by atoms with E-state index in [1.54, 1.807) is 20.0 Å². The number of benzene rings is 3. The predicted molar refractivity (Wildman–Crippen MR) is 150 cm³/mol. The van der Waals surface area contributed by atoms with E-state index in [4.69, 9.17) is 9.47 Å². The van der Waals surface area contributed by atoms with E-state index in [-0.39, 0.29) is 24.3 Å². The third-order valence-electron chi connectivity index (χ3n) is 8.86. The van der Waals surface area contributed by atoms with Crippen LogP contribution < -0.4 is 9.47 Å². The van der Waals surface area contributed by atoms with Crippen molar-refractivity contribution in [2.45, 2.75) is 38.0 Å². The van der Waals surface area contributed by atoms with Crippen LogP contribution in [0, 0.1) is 11.7 Å². The second-order valence-electron chi connectivity index (χ2n) is 11.1. The monoisotopic (exact) mass is 555 g/mol. The van der Waals surface area contributed by atoms with Crippen LogP contribution in [0.5, 0.6) is 11.5 Å². The van der Waals surface area contributed by atoms with Crippen molar-refractivity contribution in [2.75, 3.05) is 20.4 Å². The maximum absolute atomic E-state index is 14.5. The number of H-pyrrole nitrogens is 1. The summed E-state index contributed by atoms with van der Waals surface area (Å²) >= 11 is 0. The van der Waals surface area contributed by atoms with Gasteiger partial charge in [0.25, 0.3) is 5.91 Å². The van der Waals surface area contributed by atoms with Crippen molar-refractivity contribution in [3.63, 3.8) is 0 Å². The minimum absolute atomic E-state index is 0.0578.